The largest absolute Gasteiger partial charge is 0.392 e. The zero-order valence-corrected chi connectivity index (χ0v) is 15.2. The maximum absolute atomic E-state index is 12.8. The van der Waals surface area contributed by atoms with Crippen LogP contribution in [0.1, 0.15) is 45.5 Å². The molecule has 2 saturated heterocycles. The molecule has 0 radical (unpaired) electrons. The number of β-amino-alcohol motifs (C(OH)–C–C–N with tert-alkyl or cyclic N) is 1. The fraction of sp³-hybridized carbons (Fsp3) is 0.474. The van der Waals surface area contributed by atoms with E-state index in [-0.39, 0.29) is 36.1 Å². The fourth-order valence-electron chi connectivity index (χ4n) is 3.97. The van der Waals surface area contributed by atoms with Crippen LogP contribution in [0.5, 0.6) is 0 Å². The van der Waals surface area contributed by atoms with Crippen molar-refractivity contribution in [3.8, 4) is 0 Å². The molecule has 1 aromatic rings. The summed E-state index contributed by atoms with van der Waals surface area (Å²) in [5.74, 6) is -2.01. The van der Waals surface area contributed by atoms with Crippen molar-refractivity contribution in [3.05, 3.63) is 34.9 Å². The predicted molar refractivity (Wildman–Crippen MR) is 97.2 cm³/mol. The Morgan fingerprint density at radius 2 is 1.93 bits per heavy atom. The zero-order valence-electron chi connectivity index (χ0n) is 15.2. The molecule has 9 heteroatoms. The Kier molecular flexibility index (Phi) is 4.96. The van der Waals surface area contributed by atoms with E-state index in [1.165, 1.54) is 0 Å². The average molecular weight is 386 g/mol. The van der Waals surface area contributed by atoms with Gasteiger partial charge in [-0.3, -0.25) is 29.4 Å². The highest BCUT2D eigenvalue weighted by Gasteiger charge is 2.44. The molecule has 3 aliphatic heterocycles. The van der Waals surface area contributed by atoms with Gasteiger partial charge in [-0.15, -0.1) is 0 Å². The van der Waals surface area contributed by atoms with Gasteiger partial charge in [0.15, 0.2) is 0 Å². The van der Waals surface area contributed by atoms with Crippen LogP contribution in [-0.2, 0) is 16.1 Å². The van der Waals surface area contributed by atoms with Crippen LogP contribution in [0.15, 0.2) is 18.2 Å². The van der Waals surface area contributed by atoms with E-state index < -0.39 is 29.7 Å². The summed E-state index contributed by atoms with van der Waals surface area (Å²) < 4.78 is 0. The maximum Gasteiger partial charge on any atom is 0.262 e. The monoisotopic (exact) mass is 386 g/mol. The molecular weight excluding hydrogens is 364 g/mol. The van der Waals surface area contributed by atoms with Crippen molar-refractivity contribution in [2.24, 2.45) is 0 Å². The van der Waals surface area contributed by atoms with Gasteiger partial charge in [-0.25, -0.2) is 0 Å². The molecule has 3 atom stereocenters. The summed E-state index contributed by atoms with van der Waals surface area (Å²) in [5, 5.41) is 18.2. The number of imide groups is 2. The first kappa shape index (κ1) is 18.7. The molecule has 4 rings (SSSR count). The lowest BCUT2D eigenvalue weighted by molar-refractivity contribution is -0.136. The molecule has 28 heavy (non-hydrogen) atoms. The fourth-order valence-corrected chi connectivity index (χ4v) is 3.97. The quantitative estimate of drug-likeness (QED) is 0.473. The van der Waals surface area contributed by atoms with Gasteiger partial charge < -0.3 is 15.7 Å². The molecule has 4 N–H and O–H groups in total. The Morgan fingerprint density at radius 3 is 2.64 bits per heavy atom. The highest BCUT2D eigenvalue weighted by atomic mass is 16.3. The van der Waals surface area contributed by atoms with Crippen LogP contribution < -0.4 is 16.0 Å². The van der Waals surface area contributed by atoms with Crippen LogP contribution in [0.4, 0.5) is 0 Å². The zero-order chi connectivity index (χ0) is 19.8. The Hall–Kier alpha value is -2.62. The third-order valence-corrected chi connectivity index (χ3v) is 5.42. The number of amides is 4. The van der Waals surface area contributed by atoms with E-state index in [1.807, 2.05) is 0 Å². The number of hydrogen-bond donors (Lipinski definition) is 4. The molecule has 148 valence electrons. The van der Waals surface area contributed by atoms with E-state index in [2.05, 4.69) is 16.0 Å². The summed E-state index contributed by atoms with van der Waals surface area (Å²) in [4.78, 5) is 49.8. The van der Waals surface area contributed by atoms with Crippen LogP contribution in [0, 0.1) is 0 Å². The number of piperidine rings is 1. The molecule has 0 bridgehead atoms. The van der Waals surface area contributed by atoms with Crippen LogP contribution >= 0.6 is 0 Å². The van der Waals surface area contributed by atoms with Gasteiger partial charge in [0.25, 0.3) is 11.8 Å². The minimum absolute atomic E-state index is 0.100. The van der Waals surface area contributed by atoms with E-state index in [4.69, 9.17) is 0 Å². The van der Waals surface area contributed by atoms with Crippen molar-refractivity contribution >= 4 is 23.6 Å². The molecular formula is C19H22N4O5. The van der Waals surface area contributed by atoms with Gasteiger partial charge in [-0.05, 0) is 30.5 Å². The Bertz CT molecular complexity index is 855. The topological polar surface area (TPSA) is 128 Å². The number of fused-ring (bicyclic) bond motifs is 1. The van der Waals surface area contributed by atoms with Crippen molar-refractivity contribution in [3.63, 3.8) is 0 Å². The number of nitrogens with one attached hydrogen (secondary N) is 3. The number of hydrogen-bond acceptors (Lipinski definition) is 7. The molecule has 3 aliphatic rings. The highest BCUT2D eigenvalue weighted by Crippen LogP contribution is 2.28. The molecule has 0 aromatic heterocycles. The molecule has 1 unspecified atom stereocenters. The number of aliphatic hydroxyl groups excluding tert-OH is 1. The lowest BCUT2D eigenvalue weighted by atomic mass is 10.0. The normalized spacial score (nSPS) is 27.3. The van der Waals surface area contributed by atoms with Crippen LogP contribution in [0.3, 0.4) is 0 Å². The number of aliphatic hydroxyl groups is 1. The molecule has 0 aliphatic carbocycles. The lowest BCUT2D eigenvalue weighted by Gasteiger charge is -2.27. The number of nitrogens with zero attached hydrogens (tertiary/aromatic N) is 1. The summed E-state index contributed by atoms with van der Waals surface area (Å²) >= 11 is 0. The summed E-state index contributed by atoms with van der Waals surface area (Å²) in [6.45, 7) is 1.79. The summed E-state index contributed by atoms with van der Waals surface area (Å²) in [6.07, 6.45) is 0.632. The second kappa shape index (κ2) is 7.42. The van der Waals surface area contributed by atoms with Crippen LogP contribution in [0.2, 0.25) is 0 Å². The van der Waals surface area contributed by atoms with Crippen LogP contribution in [0.25, 0.3) is 0 Å². The number of carbonyl (C=O) groups excluding carboxylic acids is 4. The van der Waals surface area contributed by atoms with Gasteiger partial charge >= 0.3 is 0 Å². The summed E-state index contributed by atoms with van der Waals surface area (Å²) in [7, 11) is 0. The van der Waals surface area contributed by atoms with Crippen molar-refractivity contribution in [2.45, 2.75) is 44.0 Å². The third-order valence-electron chi connectivity index (χ3n) is 5.42. The van der Waals surface area contributed by atoms with E-state index in [0.717, 1.165) is 10.5 Å². The van der Waals surface area contributed by atoms with Gasteiger partial charge in [0.1, 0.15) is 6.04 Å². The minimum Gasteiger partial charge on any atom is -0.392 e. The first-order valence-electron chi connectivity index (χ1n) is 9.40. The van der Waals surface area contributed by atoms with Crippen molar-refractivity contribution in [2.75, 3.05) is 13.1 Å². The number of rotatable bonds is 5. The van der Waals surface area contributed by atoms with E-state index >= 15 is 0 Å². The molecule has 9 nitrogen and oxygen atoms in total. The van der Waals surface area contributed by atoms with Crippen molar-refractivity contribution < 1.29 is 24.3 Å². The van der Waals surface area contributed by atoms with Gasteiger partial charge in [-0.1, -0.05) is 6.07 Å². The maximum atomic E-state index is 12.8. The van der Waals surface area contributed by atoms with Gasteiger partial charge in [0, 0.05) is 32.1 Å². The van der Waals surface area contributed by atoms with E-state index in [9.17, 15) is 24.3 Å². The van der Waals surface area contributed by atoms with Gasteiger partial charge in [0.05, 0.1) is 17.2 Å². The highest BCUT2D eigenvalue weighted by molar-refractivity contribution is 6.23. The molecule has 1 aromatic carbocycles. The van der Waals surface area contributed by atoms with Crippen LogP contribution in [-0.4, -0.2) is 64.9 Å². The smallest absolute Gasteiger partial charge is 0.262 e. The molecule has 2 fully saturated rings. The second-order valence-electron chi connectivity index (χ2n) is 7.45. The molecule has 0 saturated carbocycles. The molecule has 4 amide bonds. The number of benzene rings is 1. The Balaban J connectivity index is 1.43. The summed E-state index contributed by atoms with van der Waals surface area (Å²) in [6, 6.07) is 4.31. The van der Waals surface area contributed by atoms with Crippen molar-refractivity contribution in [1.82, 2.24) is 20.9 Å². The first-order chi connectivity index (χ1) is 13.4. The number of carbonyl (C=O) groups is 4. The summed E-state index contributed by atoms with van der Waals surface area (Å²) in [5.41, 5.74) is 1.41. The second-order valence-corrected chi connectivity index (χ2v) is 7.45. The van der Waals surface area contributed by atoms with E-state index in [0.29, 0.717) is 26.1 Å². The van der Waals surface area contributed by atoms with Gasteiger partial charge in [0.2, 0.25) is 11.8 Å². The Labute approximate surface area is 161 Å². The van der Waals surface area contributed by atoms with Crippen molar-refractivity contribution in [1.29, 1.82) is 0 Å². The van der Waals surface area contributed by atoms with E-state index in [1.54, 1.807) is 18.2 Å². The van der Waals surface area contributed by atoms with Gasteiger partial charge in [-0.2, -0.15) is 0 Å². The molecule has 3 heterocycles. The first-order valence-corrected chi connectivity index (χ1v) is 9.40. The standard InChI is InChI=1S/C19H22N4O5/c24-12-6-11(21-9-12)8-20-7-10-1-2-13-14(5-10)19(28)23(18(13)27)15-3-4-16(25)22-17(15)26/h1-2,5,11-12,15,20-21,24H,3-4,6-9H2,(H,22,25,26)/t11-,12-,15?/m1/s1. The molecule has 0 spiro atoms. The lowest BCUT2D eigenvalue weighted by Crippen LogP contribution is -2.54. The SMILES string of the molecule is O=C1CCC(N2C(=O)c3ccc(CNC[C@H]4C[C@@H](O)CN4)cc3C2=O)C(=O)N1. The average Bonchev–Trinajstić information content (AvgIpc) is 3.17. The third kappa shape index (κ3) is 3.44. The minimum atomic E-state index is -0.952. The predicted octanol–water partition coefficient (Wildman–Crippen LogP) is -1.10. The Morgan fingerprint density at radius 1 is 1.14 bits per heavy atom.